The lowest BCUT2D eigenvalue weighted by atomic mass is 9.86. The van der Waals surface area contributed by atoms with Crippen LogP contribution in [-0.2, 0) is 0 Å². The van der Waals surface area contributed by atoms with Crippen LogP contribution in [0.3, 0.4) is 0 Å². The topological polar surface area (TPSA) is 52.0 Å². The number of hydrogen-bond donors (Lipinski definition) is 1. The molecule has 0 aliphatic carbocycles. The number of fused-ring (bicyclic) bond motifs is 3. The van der Waals surface area contributed by atoms with Gasteiger partial charge in [-0.3, -0.25) is 0 Å². The number of benzene rings is 2. The van der Waals surface area contributed by atoms with Crippen molar-refractivity contribution < 1.29 is 9.13 Å². The van der Waals surface area contributed by atoms with E-state index in [-0.39, 0.29) is 18.0 Å². The maximum atomic E-state index is 13.7. The molecule has 0 fully saturated rings. The van der Waals surface area contributed by atoms with Crippen molar-refractivity contribution in [3.05, 3.63) is 99.3 Å². The molecule has 2 aliphatic heterocycles. The molecule has 0 amide bonds. The molecule has 2 aromatic carbocycles. The van der Waals surface area contributed by atoms with Gasteiger partial charge in [-0.05, 0) is 48.2 Å². The molecule has 148 valence electrons. The van der Waals surface area contributed by atoms with Gasteiger partial charge in [0, 0.05) is 16.0 Å². The van der Waals surface area contributed by atoms with Crippen molar-refractivity contribution in [1.29, 1.82) is 0 Å². The average Bonchev–Trinajstić information content (AvgIpc) is 3.44. The van der Waals surface area contributed by atoms with Crippen LogP contribution in [0, 0.1) is 12.7 Å². The summed E-state index contributed by atoms with van der Waals surface area (Å²) in [7, 11) is 0. The standard InChI is InChI=1S/C23H17FN4OS/c1-13-4-9-17-16(11-13)20-19(22(29-17)18-3-2-10-30-18)21(14-5-7-15(24)8-6-14)28-23(27-20)25-12-26-28/h2-12,21-22H,1H3,(H,25,26,27)/t21-,22-/m0/s1. The number of anilines is 1. The zero-order valence-electron chi connectivity index (χ0n) is 16.0. The lowest BCUT2D eigenvalue weighted by Gasteiger charge is -2.38. The van der Waals surface area contributed by atoms with Crippen molar-refractivity contribution in [1.82, 2.24) is 14.8 Å². The molecule has 2 atom stereocenters. The van der Waals surface area contributed by atoms with Gasteiger partial charge in [-0.15, -0.1) is 11.3 Å². The van der Waals surface area contributed by atoms with Crippen LogP contribution in [0.25, 0.3) is 5.70 Å². The highest BCUT2D eigenvalue weighted by Gasteiger charge is 2.41. The van der Waals surface area contributed by atoms with E-state index in [2.05, 4.69) is 40.5 Å². The number of ether oxygens (including phenoxy) is 1. The molecule has 6 rings (SSSR count). The van der Waals surface area contributed by atoms with Crippen LogP contribution in [0.15, 0.2) is 71.9 Å². The number of nitrogens with one attached hydrogen (secondary N) is 1. The number of aryl methyl sites for hydroxylation is 1. The molecular formula is C23H17FN4OS. The Morgan fingerprint density at radius 1 is 1.13 bits per heavy atom. The maximum Gasteiger partial charge on any atom is 0.226 e. The van der Waals surface area contributed by atoms with E-state index in [4.69, 9.17) is 4.74 Å². The summed E-state index contributed by atoms with van der Waals surface area (Å²) in [5.74, 6) is 1.22. The lowest BCUT2D eigenvalue weighted by Crippen LogP contribution is -2.32. The van der Waals surface area contributed by atoms with Gasteiger partial charge in [-0.25, -0.2) is 9.07 Å². The monoisotopic (exact) mass is 416 g/mol. The van der Waals surface area contributed by atoms with Gasteiger partial charge < -0.3 is 10.1 Å². The second-order valence-corrected chi connectivity index (χ2v) is 8.43. The Labute approximate surface area is 176 Å². The van der Waals surface area contributed by atoms with Gasteiger partial charge in [0.25, 0.3) is 0 Å². The molecule has 4 aromatic rings. The molecule has 2 aromatic heterocycles. The fourth-order valence-corrected chi connectivity index (χ4v) is 5.00. The first-order valence-electron chi connectivity index (χ1n) is 9.66. The van der Waals surface area contributed by atoms with Crippen LogP contribution < -0.4 is 10.1 Å². The van der Waals surface area contributed by atoms with E-state index in [0.717, 1.165) is 38.6 Å². The van der Waals surface area contributed by atoms with Crippen molar-refractivity contribution in [2.24, 2.45) is 0 Å². The number of thiophene rings is 1. The van der Waals surface area contributed by atoms with E-state index in [1.54, 1.807) is 23.5 Å². The van der Waals surface area contributed by atoms with E-state index >= 15 is 0 Å². The quantitative estimate of drug-likeness (QED) is 0.479. The highest BCUT2D eigenvalue weighted by atomic mass is 32.1. The van der Waals surface area contributed by atoms with Crippen LogP contribution >= 0.6 is 11.3 Å². The van der Waals surface area contributed by atoms with Gasteiger partial charge in [0.1, 0.15) is 23.9 Å². The third-order valence-corrected chi connectivity index (χ3v) is 6.47. The van der Waals surface area contributed by atoms with E-state index in [0.29, 0.717) is 5.95 Å². The first kappa shape index (κ1) is 17.4. The Hall–Kier alpha value is -3.45. The Balaban J connectivity index is 1.64. The fourth-order valence-electron chi connectivity index (χ4n) is 4.23. The van der Waals surface area contributed by atoms with Crippen molar-refractivity contribution in [2.75, 3.05) is 5.32 Å². The second kappa shape index (κ2) is 6.53. The Bertz CT molecular complexity index is 1280. The summed E-state index contributed by atoms with van der Waals surface area (Å²) in [6.07, 6.45) is 1.25. The third kappa shape index (κ3) is 2.59. The van der Waals surface area contributed by atoms with Crippen molar-refractivity contribution in [3.63, 3.8) is 0 Å². The van der Waals surface area contributed by atoms with E-state index < -0.39 is 0 Å². The first-order chi connectivity index (χ1) is 14.7. The Morgan fingerprint density at radius 3 is 2.80 bits per heavy atom. The van der Waals surface area contributed by atoms with E-state index in [1.807, 2.05) is 22.2 Å². The van der Waals surface area contributed by atoms with Crippen molar-refractivity contribution in [3.8, 4) is 5.75 Å². The smallest absolute Gasteiger partial charge is 0.226 e. The molecular weight excluding hydrogens is 399 g/mol. The molecule has 0 radical (unpaired) electrons. The predicted octanol–water partition coefficient (Wildman–Crippen LogP) is 5.35. The zero-order chi connectivity index (χ0) is 20.2. The summed E-state index contributed by atoms with van der Waals surface area (Å²) in [5, 5.41) is 10.0. The number of hydrogen-bond acceptors (Lipinski definition) is 5. The molecule has 0 saturated carbocycles. The van der Waals surface area contributed by atoms with Crippen molar-refractivity contribution >= 4 is 23.0 Å². The number of rotatable bonds is 2. The number of nitrogens with zero attached hydrogens (tertiary/aromatic N) is 3. The molecule has 0 saturated heterocycles. The van der Waals surface area contributed by atoms with Crippen LogP contribution in [-0.4, -0.2) is 14.8 Å². The van der Waals surface area contributed by atoms with Gasteiger partial charge in [0.15, 0.2) is 6.10 Å². The summed E-state index contributed by atoms with van der Waals surface area (Å²) in [6, 6.07) is 16.6. The highest BCUT2D eigenvalue weighted by molar-refractivity contribution is 7.10. The van der Waals surface area contributed by atoms with Crippen LogP contribution in [0.4, 0.5) is 10.3 Å². The first-order valence-corrected chi connectivity index (χ1v) is 10.5. The summed E-state index contributed by atoms with van der Waals surface area (Å²) in [4.78, 5) is 5.52. The minimum Gasteiger partial charge on any atom is -0.480 e. The Kier molecular flexibility index (Phi) is 3.79. The SMILES string of the molecule is Cc1ccc2c(c1)C1=C([C@H](c3cccs3)O2)[C@H](c2ccc(F)cc2)n2ncnc2N1. The van der Waals surface area contributed by atoms with Crippen LogP contribution in [0.1, 0.15) is 33.7 Å². The minimum absolute atomic E-state index is 0.264. The van der Waals surface area contributed by atoms with Crippen molar-refractivity contribution in [2.45, 2.75) is 19.1 Å². The molecule has 0 spiro atoms. The zero-order valence-corrected chi connectivity index (χ0v) is 16.9. The summed E-state index contributed by atoms with van der Waals surface area (Å²) < 4.78 is 22.1. The predicted molar refractivity (Wildman–Crippen MR) is 114 cm³/mol. The maximum absolute atomic E-state index is 13.7. The minimum atomic E-state index is -0.282. The van der Waals surface area contributed by atoms with Gasteiger partial charge >= 0.3 is 0 Å². The van der Waals surface area contributed by atoms with Gasteiger partial charge in [0.2, 0.25) is 5.95 Å². The summed E-state index contributed by atoms with van der Waals surface area (Å²) >= 11 is 1.65. The molecule has 2 aliphatic rings. The van der Waals surface area contributed by atoms with E-state index in [9.17, 15) is 4.39 Å². The Morgan fingerprint density at radius 2 is 2.00 bits per heavy atom. The summed E-state index contributed by atoms with van der Waals surface area (Å²) in [6.45, 7) is 2.06. The summed E-state index contributed by atoms with van der Waals surface area (Å²) in [5.41, 5.74) is 5.09. The average molecular weight is 416 g/mol. The second-order valence-electron chi connectivity index (χ2n) is 7.45. The molecule has 5 nitrogen and oxygen atoms in total. The van der Waals surface area contributed by atoms with Gasteiger partial charge in [-0.2, -0.15) is 10.1 Å². The highest BCUT2D eigenvalue weighted by Crippen LogP contribution is 2.51. The molecule has 30 heavy (non-hydrogen) atoms. The fraction of sp³-hybridized carbons (Fsp3) is 0.130. The number of halogens is 1. The van der Waals surface area contributed by atoms with E-state index in [1.165, 1.54) is 18.5 Å². The number of aromatic nitrogens is 3. The lowest BCUT2D eigenvalue weighted by molar-refractivity contribution is 0.226. The van der Waals surface area contributed by atoms with Gasteiger partial charge in [0.05, 0.1) is 5.70 Å². The third-order valence-electron chi connectivity index (χ3n) is 5.56. The van der Waals surface area contributed by atoms with Crippen LogP contribution in [0.2, 0.25) is 0 Å². The molecule has 7 heteroatoms. The van der Waals surface area contributed by atoms with Gasteiger partial charge in [-0.1, -0.05) is 29.8 Å². The largest absolute Gasteiger partial charge is 0.480 e. The van der Waals surface area contributed by atoms with Crippen LogP contribution in [0.5, 0.6) is 5.75 Å². The molecule has 1 N–H and O–H groups in total. The molecule has 0 bridgehead atoms. The molecule has 4 heterocycles. The normalized spacial score (nSPS) is 19.4. The molecule has 0 unspecified atom stereocenters.